The fourth-order valence-electron chi connectivity index (χ4n) is 3.03. The third-order valence-corrected chi connectivity index (χ3v) is 4.15. The van der Waals surface area contributed by atoms with Crippen LogP contribution in [-0.4, -0.2) is 16.7 Å². The van der Waals surface area contributed by atoms with Crippen molar-refractivity contribution in [2.24, 2.45) is 5.41 Å². The first-order valence-corrected chi connectivity index (χ1v) is 9.76. The third-order valence-electron chi connectivity index (χ3n) is 4.15. The van der Waals surface area contributed by atoms with Crippen molar-refractivity contribution >= 4 is 6.09 Å². The summed E-state index contributed by atoms with van der Waals surface area (Å²) >= 11 is 0. The predicted molar refractivity (Wildman–Crippen MR) is 110 cm³/mol. The van der Waals surface area contributed by atoms with Crippen molar-refractivity contribution in [3.63, 3.8) is 0 Å². The second-order valence-electron chi connectivity index (χ2n) is 9.48. The van der Waals surface area contributed by atoms with Gasteiger partial charge in [-0.15, -0.1) is 0 Å². The van der Waals surface area contributed by atoms with Crippen molar-refractivity contribution in [1.82, 2.24) is 10.3 Å². The molecule has 0 aliphatic heterocycles. The minimum atomic E-state index is -4.44. The van der Waals surface area contributed by atoms with E-state index in [1.807, 2.05) is 12.1 Å². The fraction of sp³-hybridized carbons (Fsp3) is 0.478. The Bertz CT molecular complexity index is 864. The molecule has 1 aromatic heterocycles. The van der Waals surface area contributed by atoms with Crippen LogP contribution in [0.2, 0.25) is 0 Å². The molecule has 1 amide bonds. The summed E-state index contributed by atoms with van der Waals surface area (Å²) in [5.41, 5.74) is 0.464. The molecule has 2 aromatic rings. The first kappa shape index (κ1) is 23.7. The van der Waals surface area contributed by atoms with E-state index in [-0.39, 0.29) is 5.41 Å². The Kier molecular flexibility index (Phi) is 6.84. The summed E-state index contributed by atoms with van der Waals surface area (Å²) in [6, 6.07) is 7.71. The summed E-state index contributed by atoms with van der Waals surface area (Å²) < 4.78 is 44.3. The highest BCUT2D eigenvalue weighted by molar-refractivity contribution is 5.69. The van der Waals surface area contributed by atoms with Crippen molar-refractivity contribution in [3.8, 4) is 0 Å². The lowest BCUT2D eigenvalue weighted by atomic mass is 9.85. The number of pyridine rings is 1. The van der Waals surface area contributed by atoms with Gasteiger partial charge >= 0.3 is 12.3 Å². The monoisotopic (exact) mass is 422 g/mol. The zero-order valence-electron chi connectivity index (χ0n) is 18.2. The Labute approximate surface area is 175 Å². The Balaban J connectivity index is 2.49. The summed E-state index contributed by atoms with van der Waals surface area (Å²) in [7, 11) is 0. The number of hydrogen-bond donors (Lipinski definition) is 1. The normalized spacial score (nSPS) is 13.6. The van der Waals surface area contributed by atoms with Crippen molar-refractivity contribution in [3.05, 3.63) is 65.0 Å². The number of alkyl halides is 3. The van der Waals surface area contributed by atoms with Gasteiger partial charge in [-0.3, -0.25) is 4.98 Å². The van der Waals surface area contributed by atoms with Gasteiger partial charge in [0.1, 0.15) is 11.6 Å². The number of halogens is 3. The van der Waals surface area contributed by atoms with E-state index in [1.165, 1.54) is 12.1 Å². The molecule has 2 rings (SSSR count). The summed E-state index contributed by atoms with van der Waals surface area (Å²) in [6.07, 6.45) is -2.81. The molecule has 0 spiro atoms. The predicted octanol–water partition coefficient (Wildman–Crippen LogP) is 6.30. The number of amides is 1. The molecule has 0 bridgehead atoms. The molecule has 0 fully saturated rings. The highest BCUT2D eigenvalue weighted by Crippen LogP contribution is 2.32. The topological polar surface area (TPSA) is 51.2 Å². The van der Waals surface area contributed by atoms with Gasteiger partial charge in [0.05, 0.1) is 11.3 Å². The lowest BCUT2D eigenvalue weighted by Crippen LogP contribution is -2.36. The van der Waals surface area contributed by atoms with Crippen LogP contribution in [0.15, 0.2) is 42.6 Å². The van der Waals surface area contributed by atoms with Crippen LogP contribution in [0, 0.1) is 5.41 Å². The van der Waals surface area contributed by atoms with E-state index >= 15 is 0 Å². The number of benzene rings is 1. The minimum absolute atomic E-state index is 0.0472. The van der Waals surface area contributed by atoms with Crippen LogP contribution in [0.4, 0.5) is 18.0 Å². The fourth-order valence-corrected chi connectivity index (χ4v) is 3.03. The molecular formula is C23H29F3N2O2. The average Bonchev–Trinajstić information content (AvgIpc) is 2.57. The Morgan fingerprint density at radius 3 is 2.13 bits per heavy atom. The number of rotatable bonds is 4. The molecule has 30 heavy (non-hydrogen) atoms. The van der Waals surface area contributed by atoms with E-state index in [0.29, 0.717) is 17.7 Å². The molecule has 0 aliphatic rings. The highest BCUT2D eigenvalue weighted by Gasteiger charge is 2.31. The van der Waals surface area contributed by atoms with Crippen LogP contribution in [0.1, 0.15) is 70.0 Å². The van der Waals surface area contributed by atoms with E-state index in [2.05, 4.69) is 31.1 Å². The number of nitrogens with zero attached hydrogens (tertiary/aromatic N) is 1. The van der Waals surface area contributed by atoms with E-state index in [4.69, 9.17) is 4.74 Å². The number of ether oxygens (including phenoxy) is 1. The number of carbonyl (C=O) groups is 1. The maximum atomic E-state index is 13.0. The van der Waals surface area contributed by atoms with Crippen LogP contribution in [-0.2, 0) is 17.3 Å². The quantitative estimate of drug-likeness (QED) is 0.629. The van der Waals surface area contributed by atoms with Gasteiger partial charge in [0, 0.05) is 6.20 Å². The molecule has 0 unspecified atom stereocenters. The van der Waals surface area contributed by atoms with Crippen LogP contribution in [0.3, 0.4) is 0 Å². The SMILES string of the molecule is CC(C)(C)Cc1cccnc1[C@@H](NC(=O)OC(C)(C)C)c1ccc(C(F)(F)F)cc1. The molecule has 1 aromatic carbocycles. The second kappa shape index (κ2) is 8.66. The first-order valence-electron chi connectivity index (χ1n) is 9.76. The minimum Gasteiger partial charge on any atom is -0.444 e. The molecule has 4 nitrogen and oxygen atoms in total. The number of carbonyl (C=O) groups excluding carboxylic acids is 1. The number of hydrogen-bond acceptors (Lipinski definition) is 3. The largest absolute Gasteiger partial charge is 0.444 e. The van der Waals surface area contributed by atoms with Crippen LogP contribution < -0.4 is 5.32 Å². The van der Waals surface area contributed by atoms with Gasteiger partial charge in [-0.05, 0) is 61.9 Å². The van der Waals surface area contributed by atoms with Gasteiger partial charge in [0.15, 0.2) is 0 Å². The zero-order valence-corrected chi connectivity index (χ0v) is 18.2. The van der Waals surface area contributed by atoms with E-state index in [9.17, 15) is 18.0 Å². The van der Waals surface area contributed by atoms with Gasteiger partial charge < -0.3 is 10.1 Å². The Hall–Kier alpha value is -2.57. The molecule has 0 saturated carbocycles. The third kappa shape index (κ3) is 7.04. The van der Waals surface area contributed by atoms with Crippen molar-refractivity contribution in [2.45, 2.75) is 65.8 Å². The summed E-state index contributed by atoms with van der Waals surface area (Å²) in [6.45, 7) is 11.5. The van der Waals surface area contributed by atoms with Gasteiger partial charge in [-0.25, -0.2) is 4.79 Å². The second-order valence-corrected chi connectivity index (χ2v) is 9.48. The molecule has 1 N–H and O–H groups in total. The van der Waals surface area contributed by atoms with Crippen LogP contribution in [0.25, 0.3) is 0 Å². The van der Waals surface area contributed by atoms with E-state index < -0.39 is 29.5 Å². The maximum Gasteiger partial charge on any atom is 0.416 e. The van der Waals surface area contributed by atoms with Crippen LogP contribution >= 0.6 is 0 Å². The molecule has 164 valence electrons. The molecular weight excluding hydrogens is 393 g/mol. The smallest absolute Gasteiger partial charge is 0.416 e. The summed E-state index contributed by atoms with van der Waals surface area (Å²) in [4.78, 5) is 17.0. The average molecular weight is 422 g/mol. The highest BCUT2D eigenvalue weighted by atomic mass is 19.4. The first-order chi connectivity index (χ1) is 13.7. The summed E-state index contributed by atoms with van der Waals surface area (Å²) in [5.74, 6) is 0. The lowest BCUT2D eigenvalue weighted by Gasteiger charge is -2.26. The number of aromatic nitrogens is 1. The van der Waals surface area contributed by atoms with Crippen LogP contribution in [0.5, 0.6) is 0 Å². The van der Waals surface area contributed by atoms with Crippen molar-refractivity contribution < 1.29 is 22.7 Å². The van der Waals surface area contributed by atoms with Gasteiger partial charge in [-0.2, -0.15) is 13.2 Å². The molecule has 0 radical (unpaired) electrons. The number of nitrogens with one attached hydrogen (secondary N) is 1. The standard InChI is InChI=1S/C23H29F3N2O2/c1-21(2,3)14-16-8-7-13-27-18(16)19(28-20(29)30-22(4,5)6)15-9-11-17(12-10-15)23(24,25)26/h7-13,19H,14H2,1-6H3,(H,28,29)/t19-/m0/s1. The molecule has 0 saturated heterocycles. The van der Waals surface area contributed by atoms with Crippen molar-refractivity contribution in [1.29, 1.82) is 0 Å². The zero-order chi connectivity index (χ0) is 22.7. The Morgan fingerprint density at radius 2 is 1.63 bits per heavy atom. The Morgan fingerprint density at radius 1 is 1.03 bits per heavy atom. The maximum absolute atomic E-state index is 13.0. The van der Waals surface area contributed by atoms with E-state index in [0.717, 1.165) is 17.7 Å². The van der Waals surface area contributed by atoms with E-state index in [1.54, 1.807) is 27.0 Å². The molecule has 1 atom stereocenters. The summed E-state index contributed by atoms with van der Waals surface area (Å²) in [5, 5.41) is 2.79. The van der Waals surface area contributed by atoms with Crippen molar-refractivity contribution in [2.75, 3.05) is 0 Å². The number of alkyl carbamates (subject to hydrolysis) is 1. The molecule has 7 heteroatoms. The van der Waals surface area contributed by atoms with Gasteiger partial charge in [0.25, 0.3) is 0 Å². The lowest BCUT2D eigenvalue weighted by molar-refractivity contribution is -0.137. The molecule has 0 aliphatic carbocycles. The van der Waals surface area contributed by atoms with Gasteiger partial charge in [0.2, 0.25) is 0 Å². The van der Waals surface area contributed by atoms with Gasteiger partial charge in [-0.1, -0.05) is 39.0 Å². The molecule has 1 heterocycles.